The van der Waals surface area contributed by atoms with Crippen LogP contribution >= 0.6 is 0 Å². The standard InChI is InChI=1S/C22H18F10N2O4/c23-13-7(14(24)18(28)21(31)17(13)27)1-3-11(37)33-5-9(35)10(36)6-34-12(38)4-2-8-15(25)19(29)22(32)20(30)16(8)26/h9-10,35-36H,1-6H2,(H,33,37)(H,34,38). The molecule has 0 aliphatic carbocycles. The van der Waals surface area contributed by atoms with Crippen molar-refractivity contribution in [2.24, 2.45) is 0 Å². The average Bonchev–Trinajstić information content (AvgIpc) is 2.89. The van der Waals surface area contributed by atoms with Crippen molar-refractivity contribution in [3.05, 3.63) is 69.3 Å². The van der Waals surface area contributed by atoms with Crippen LogP contribution in [0.2, 0.25) is 0 Å². The van der Waals surface area contributed by atoms with Gasteiger partial charge in [-0.1, -0.05) is 0 Å². The van der Waals surface area contributed by atoms with Crippen LogP contribution in [-0.2, 0) is 22.4 Å². The van der Waals surface area contributed by atoms with E-state index in [9.17, 15) is 63.7 Å². The molecule has 0 bridgehead atoms. The van der Waals surface area contributed by atoms with Crippen LogP contribution in [0.15, 0.2) is 0 Å². The van der Waals surface area contributed by atoms with Crippen LogP contribution in [-0.4, -0.2) is 47.3 Å². The number of rotatable bonds is 11. The number of hydrogen-bond acceptors (Lipinski definition) is 4. The second-order valence-corrected chi connectivity index (χ2v) is 7.84. The van der Waals surface area contributed by atoms with E-state index in [1.807, 2.05) is 10.6 Å². The number of benzene rings is 2. The monoisotopic (exact) mass is 564 g/mol. The largest absolute Gasteiger partial charge is 0.389 e. The van der Waals surface area contributed by atoms with Crippen molar-refractivity contribution in [2.45, 2.75) is 37.9 Å². The quantitative estimate of drug-likeness (QED) is 0.192. The summed E-state index contributed by atoms with van der Waals surface area (Å²) in [4.78, 5) is 23.6. The molecular weight excluding hydrogens is 546 g/mol. The maximum absolute atomic E-state index is 13.6. The van der Waals surface area contributed by atoms with E-state index in [2.05, 4.69) is 0 Å². The van der Waals surface area contributed by atoms with E-state index in [1.54, 1.807) is 0 Å². The molecule has 0 aliphatic rings. The van der Waals surface area contributed by atoms with Gasteiger partial charge in [0.05, 0.1) is 12.2 Å². The number of halogens is 10. The van der Waals surface area contributed by atoms with Gasteiger partial charge in [-0.3, -0.25) is 9.59 Å². The maximum atomic E-state index is 13.6. The van der Waals surface area contributed by atoms with Crippen LogP contribution < -0.4 is 10.6 Å². The third-order valence-corrected chi connectivity index (χ3v) is 5.27. The Labute approximate surface area is 207 Å². The predicted octanol–water partition coefficient (Wildman–Crippen LogP) is 2.60. The van der Waals surface area contributed by atoms with Crippen LogP contribution in [0.3, 0.4) is 0 Å². The summed E-state index contributed by atoms with van der Waals surface area (Å²) < 4.78 is 133. The topological polar surface area (TPSA) is 98.7 Å². The third kappa shape index (κ3) is 6.92. The summed E-state index contributed by atoms with van der Waals surface area (Å²) in [6.45, 7) is -1.37. The molecule has 6 nitrogen and oxygen atoms in total. The van der Waals surface area contributed by atoms with Crippen molar-refractivity contribution in [3.8, 4) is 0 Å². The van der Waals surface area contributed by atoms with Crippen LogP contribution in [0.1, 0.15) is 24.0 Å². The minimum absolute atomic E-state index is 0.683. The summed E-state index contributed by atoms with van der Waals surface area (Å²) in [7, 11) is 0. The normalized spacial score (nSPS) is 12.8. The third-order valence-electron chi connectivity index (χ3n) is 5.27. The minimum atomic E-state index is -2.37. The molecule has 0 fully saturated rings. The molecule has 38 heavy (non-hydrogen) atoms. The smallest absolute Gasteiger partial charge is 0.220 e. The lowest BCUT2D eigenvalue weighted by molar-refractivity contribution is -0.123. The first kappa shape index (κ1) is 30.8. The fourth-order valence-electron chi connectivity index (χ4n) is 3.10. The van der Waals surface area contributed by atoms with Crippen molar-refractivity contribution in [2.75, 3.05) is 13.1 Å². The summed E-state index contributed by atoms with van der Waals surface area (Å²) in [5, 5.41) is 23.7. The first-order valence-corrected chi connectivity index (χ1v) is 10.6. The summed E-state index contributed by atoms with van der Waals surface area (Å²) in [5.41, 5.74) is -2.46. The average molecular weight is 564 g/mol. The molecule has 4 N–H and O–H groups in total. The van der Waals surface area contributed by atoms with E-state index in [0.29, 0.717) is 0 Å². The van der Waals surface area contributed by atoms with Crippen molar-refractivity contribution in [3.63, 3.8) is 0 Å². The highest BCUT2D eigenvalue weighted by Crippen LogP contribution is 2.25. The highest BCUT2D eigenvalue weighted by atomic mass is 19.2. The first-order valence-electron chi connectivity index (χ1n) is 10.6. The Morgan fingerprint density at radius 3 is 1.00 bits per heavy atom. The number of aliphatic hydroxyl groups excluding tert-OH is 2. The molecule has 2 atom stereocenters. The zero-order valence-electron chi connectivity index (χ0n) is 18.9. The summed E-state index contributed by atoms with van der Waals surface area (Å²) in [6.07, 6.45) is -6.82. The molecule has 2 aromatic carbocycles. The predicted molar refractivity (Wildman–Crippen MR) is 107 cm³/mol. The van der Waals surface area contributed by atoms with Crippen LogP contribution in [0, 0.1) is 58.2 Å². The Morgan fingerprint density at radius 1 is 0.500 bits per heavy atom. The molecular formula is C22H18F10N2O4. The molecule has 0 saturated heterocycles. The van der Waals surface area contributed by atoms with E-state index in [-0.39, 0.29) is 0 Å². The first-order chi connectivity index (χ1) is 17.7. The second-order valence-electron chi connectivity index (χ2n) is 7.84. The van der Waals surface area contributed by atoms with Gasteiger partial charge in [0.25, 0.3) is 0 Å². The van der Waals surface area contributed by atoms with Gasteiger partial charge in [0.1, 0.15) is 0 Å². The number of carbonyl (C=O) groups is 2. The van der Waals surface area contributed by atoms with Gasteiger partial charge in [-0.15, -0.1) is 0 Å². The van der Waals surface area contributed by atoms with E-state index in [4.69, 9.17) is 0 Å². The highest BCUT2D eigenvalue weighted by Gasteiger charge is 2.27. The zero-order chi connectivity index (χ0) is 28.9. The Balaban J connectivity index is 1.80. The molecule has 0 spiro atoms. The van der Waals surface area contributed by atoms with E-state index in [1.165, 1.54) is 0 Å². The molecule has 0 aliphatic heterocycles. The summed E-state index contributed by atoms with van der Waals surface area (Å²) in [6, 6.07) is 0. The fourth-order valence-corrected chi connectivity index (χ4v) is 3.10. The van der Waals surface area contributed by atoms with Crippen LogP contribution in [0.5, 0.6) is 0 Å². The van der Waals surface area contributed by atoms with Gasteiger partial charge < -0.3 is 20.8 Å². The van der Waals surface area contributed by atoms with Gasteiger partial charge in [-0.2, -0.15) is 0 Å². The van der Waals surface area contributed by atoms with Crippen molar-refractivity contribution >= 4 is 11.8 Å². The fraction of sp³-hybridized carbons (Fsp3) is 0.364. The number of nitrogens with one attached hydrogen (secondary N) is 2. The molecule has 0 radical (unpaired) electrons. The van der Waals surface area contributed by atoms with E-state index in [0.717, 1.165) is 0 Å². The number of hydrogen-bond donors (Lipinski definition) is 4. The molecule has 0 aromatic heterocycles. The molecule has 2 rings (SSSR count). The number of amides is 2. The zero-order valence-corrected chi connectivity index (χ0v) is 18.9. The molecule has 2 aromatic rings. The van der Waals surface area contributed by atoms with Crippen molar-refractivity contribution < 1.29 is 63.7 Å². The maximum Gasteiger partial charge on any atom is 0.220 e. The lowest BCUT2D eigenvalue weighted by Crippen LogP contribution is -2.44. The summed E-state index contributed by atoms with van der Waals surface area (Å²) >= 11 is 0. The Morgan fingerprint density at radius 2 is 0.737 bits per heavy atom. The molecule has 0 saturated carbocycles. The highest BCUT2D eigenvalue weighted by molar-refractivity contribution is 5.76. The minimum Gasteiger partial charge on any atom is -0.389 e. The molecule has 0 heterocycles. The van der Waals surface area contributed by atoms with Crippen LogP contribution in [0.25, 0.3) is 0 Å². The Hall–Kier alpha value is -3.40. The number of carbonyl (C=O) groups excluding carboxylic acids is 2. The summed E-state index contributed by atoms with van der Waals surface area (Å²) in [5.74, 6) is -23.9. The number of aliphatic hydroxyl groups is 2. The Kier molecular flexibility index (Phi) is 10.5. The van der Waals surface area contributed by atoms with Gasteiger partial charge in [0.15, 0.2) is 46.5 Å². The molecule has 2 unspecified atom stereocenters. The van der Waals surface area contributed by atoms with Crippen molar-refractivity contribution in [1.82, 2.24) is 10.6 Å². The molecule has 210 valence electrons. The van der Waals surface area contributed by atoms with Crippen molar-refractivity contribution in [1.29, 1.82) is 0 Å². The molecule has 2 amide bonds. The van der Waals surface area contributed by atoms with Gasteiger partial charge >= 0.3 is 0 Å². The van der Waals surface area contributed by atoms with Gasteiger partial charge in [0.2, 0.25) is 23.4 Å². The lowest BCUT2D eigenvalue weighted by atomic mass is 10.1. The lowest BCUT2D eigenvalue weighted by Gasteiger charge is -2.19. The van der Waals surface area contributed by atoms with Gasteiger partial charge in [-0.25, -0.2) is 43.9 Å². The van der Waals surface area contributed by atoms with E-state index >= 15 is 0 Å². The second kappa shape index (κ2) is 12.9. The molecule has 16 heteroatoms. The van der Waals surface area contributed by atoms with E-state index < -0.39 is 132 Å². The van der Waals surface area contributed by atoms with Gasteiger partial charge in [0, 0.05) is 37.1 Å². The van der Waals surface area contributed by atoms with Crippen LogP contribution in [0.4, 0.5) is 43.9 Å². The van der Waals surface area contributed by atoms with Gasteiger partial charge in [-0.05, 0) is 12.8 Å². The Bertz CT molecular complexity index is 1080. The SMILES string of the molecule is O=C(CCc1c(F)c(F)c(F)c(F)c1F)NCC(O)C(O)CNC(=O)CCc1c(F)c(F)c(F)c(F)c1F.